The predicted octanol–water partition coefficient (Wildman–Crippen LogP) is 2.05. The van der Waals surface area contributed by atoms with E-state index in [-0.39, 0.29) is 0 Å². The van der Waals surface area contributed by atoms with Gasteiger partial charge in [0.2, 0.25) is 0 Å². The van der Waals surface area contributed by atoms with Gasteiger partial charge < -0.3 is 0 Å². The van der Waals surface area contributed by atoms with Gasteiger partial charge >= 0.3 is 0 Å². The summed E-state index contributed by atoms with van der Waals surface area (Å²) >= 11 is 0. The zero-order valence-corrected chi connectivity index (χ0v) is 11.1. The fourth-order valence-electron chi connectivity index (χ4n) is 1.41. The Balaban J connectivity index is 2.63. The molecule has 98 valence electrons. The zero-order chi connectivity index (χ0) is 13.5. The van der Waals surface area contributed by atoms with Crippen molar-refractivity contribution < 1.29 is 10.0 Å². The van der Waals surface area contributed by atoms with Crippen LogP contribution in [0.15, 0.2) is 30.3 Å². The highest BCUT2D eigenvalue weighted by Crippen LogP contribution is 2.09. The zero-order valence-electron chi connectivity index (χ0n) is 11.1. The highest BCUT2D eigenvalue weighted by molar-refractivity contribution is 5.90. The number of carbonyl (C=O) groups is 1. The lowest BCUT2D eigenvalue weighted by Crippen LogP contribution is -2.25. The molecule has 0 radical (unpaired) electrons. The Morgan fingerprint density at radius 2 is 2.00 bits per heavy atom. The first-order valence-corrected chi connectivity index (χ1v) is 5.94. The molecule has 0 aliphatic rings. The molecule has 18 heavy (non-hydrogen) atoms. The topological polar surface area (TPSA) is 52.6 Å². The summed E-state index contributed by atoms with van der Waals surface area (Å²) in [5.41, 5.74) is 3.71. The lowest BCUT2D eigenvalue weighted by Gasteiger charge is -2.20. The Labute approximate surface area is 108 Å². The lowest BCUT2D eigenvalue weighted by molar-refractivity contribution is -0.124. The van der Waals surface area contributed by atoms with Crippen LogP contribution in [0.2, 0.25) is 0 Å². The van der Waals surface area contributed by atoms with Crippen LogP contribution < -0.4 is 5.48 Å². The molecule has 4 nitrogen and oxygen atoms in total. The van der Waals surface area contributed by atoms with Gasteiger partial charge in [-0.25, -0.2) is 5.48 Å². The lowest BCUT2D eigenvalue weighted by atomic mass is 10.1. The van der Waals surface area contributed by atoms with Crippen LogP contribution in [0.1, 0.15) is 25.0 Å². The molecule has 1 aromatic carbocycles. The van der Waals surface area contributed by atoms with Gasteiger partial charge in [0.05, 0.1) is 0 Å². The van der Waals surface area contributed by atoms with Crippen LogP contribution in [0.5, 0.6) is 0 Å². The van der Waals surface area contributed by atoms with Crippen LogP contribution in [0.25, 0.3) is 6.08 Å². The maximum atomic E-state index is 10.8. The van der Waals surface area contributed by atoms with E-state index >= 15 is 0 Å². The van der Waals surface area contributed by atoms with Crippen LogP contribution >= 0.6 is 0 Å². The van der Waals surface area contributed by atoms with Crippen LogP contribution in [0.3, 0.4) is 0 Å². The second-order valence-corrected chi connectivity index (χ2v) is 4.56. The molecule has 2 N–H and O–H groups in total. The number of hydrogen-bond acceptors (Lipinski definition) is 3. The summed E-state index contributed by atoms with van der Waals surface area (Å²) in [5, 5.41) is 8.35. The minimum Gasteiger partial charge on any atom is -0.300 e. The molecule has 0 atom stereocenters. The van der Waals surface area contributed by atoms with Crippen molar-refractivity contribution in [2.24, 2.45) is 0 Å². The van der Waals surface area contributed by atoms with Crippen molar-refractivity contribution >= 4 is 12.0 Å². The molecule has 1 amide bonds. The van der Waals surface area contributed by atoms with Crippen molar-refractivity contribution in [3.63, 3.8) is 0 Å². The molecule has 0 fully saturated rings. The molecular weight excluding hydrogens is 228 g/mol. The third-order valence-electron chi connectivity index (χ3n) is 2.83. The van der Waals surface area contributed by atoms with E-state index in [4.69, 9.17) is 5.21 Å². The van der Waals surface area contributed by atoms with Gasteiger partial charge in [-0.15, -0.1) is 0 Å². The summed E-state index contributed by atoms with van der Waals surface area (Å²) in [4.78, 5) is 13.1. The summed E-state index contributed by atoms with van der Waals surface area (Å²) in [6.45, 7) is 5.22. The molecule has 1 aromatic rings. The van der Waals surface area contributed by atoms with E-state index in [2.05, 4.69) is 25.8 Å². The molecule has 0 unspecified atom stereocenters. The van der Waals surface area contributed by atoms with Crippen molar-refractivity contribution in [1.29, 1.82) is 0 Å². The van der Waals surface area contributed by atoms with Crippen molar-refractivity contribution in [1.82, 2.24) is 10.4 Å². The number of nitrogens with zero attached hydrogens (tertiary/aromatic N) is 1. The summed E-state index contributed by atoms with van der Waals surface area (Å²) in [5.74, 6) is -0.529. The van der Waals surface area contributed by atoms with Gasteiger partial charge in [0, 0.05) is 18.7 Å². The molecule has 0 bridgehead atoms. The van der Waals surface area contributed by atoms with Gasteiger partial charge in [-0.05, 0) is 38.1 Å². The molecule has 0 heterocycles. The van der Waals surface area contributed by atoms with E-state index in [0.717, 1.165) is 12.1 Å². The fourth-order valence-corrected chi connectivity index (χ4v) is 1.41. The molecule has 0 saturated carbocycles. The van der Waals surface area contributed by atoms with E-state index in [0.29, 0.717) is 6.04 Å². The molecule has 0 aromatic heterocycles. The van der Waals surface area contributed by atoms with E-state index < -0.39 is 5.91 Å². The third kappa shape index (κ3) is 4.69. The Kier molecular flexibility index (Phi) is 5.55. The highest BCUT2D eigenvalue weighted by atomic mass is 16.5. The fraction of sp³-hybridized carbons (Fsp3) is 0.357. The first kappa shape index (κ1) is 14.4. The van der Waals surface area contributed by atoms with Gasteiger partial charge in [-0.1, -0.05) is 24.3 Å². The number of benzene rings is 1. The van der Waals surface area contributed by atoms with Crippen LogP contribution in [-0.4, -0.2) is 29.1 Å². The number of nitrogens with one attached hydrogen (secondary N) is 1. The Bertz CT molecular complexity index is 410. The number of carbonyl (C=O) groups excluding carboxylic acids is 1. The van der Waals surface area contributed by atoms with Crippen LogP contribution in [-0.2, 0) is 11.3 Å². The van der Waals surface area contributed by atoms with Crippen molar-refractivity contribution in [2.45, 2.75) is 26.4 Å². The number of amides is 1. The van der Waals surface area contributed by atoms with Crippen LogP contribution in [0, 0.1) is 0 Å². The molecule has 1 rings (SSSR count). The normalized spacial score (nSPS) is 11.4. The Morgan fingerprint density at radius 1 is 1.39 bits per heavy atom. The van der Waals surface area contributed by atoms with Gasteiger partial charge in [-0.2, -0.15) is 0 Å². The number of hydroxylamine groups is 1. The number of hydrogen-bond donors (Lipinski definition) is 2. The summed E-state index contributed by atoms with van der Waals surface area (Å²) in [7, 11) is 2.09. The average molecular weight is 248 g/mol. The molecule has 0 aliphatic carbocycles. The van der Waals surface area contributed by atoms with E-state index in [9.17, 15) is 4.79 Å². The highest BCUT2D eigenvalue weighted by Gasteiger charge is 2.03. The summed E-state index contributed by atoms with van der Waals surface area (Å²) in [6, 6.07) is 8.48. The van der Waals surface area contributed by atoms with E-state index in [1.54, 1.807) is 11.6 Å². The third-order valence-corrected chi connectivity index (χ3v) is 2.83. The van der Waals surface area contributed by atoms with Crippen molar-refractivity contribution in [3.05, 3.63) is 41.5 Å². The second-order valence-electron chi connectivity index (χ2n) is 4.56. The standard InChI is InChI=1S/C14H20N2O2/c1-11(2)16(3)10-13-6-4-12(5-7-13)8-9-14(17)15-18/h4-9,11,18H,10H2,1-3H3,(H,15,17)/b9-8+. The summed E-state index contributed by atoms with van der Waals surface area (Å²) in [6.07, 6.45) is 2.94. The molecular formula is C14H20N2O2. The van der Waals surface area contributed by atoms with E-state index in [1.165, 1.54) is 11.6 Å². The van der Waals surface area contributed by atoms with Crippen molar-refractivity contribution in [2.75, 3.05) is 7.05 Å². The van der Waals surface area contributed by atoms with E-state index in [1.807, 2.05) is 24.3 Å². The largest absolute Gasteiger partial charge is 0.300 e. The first-order chi connectivity index (χ1) is 8.52. The van der Waals surface area contributed by atoms with Gasteiger partial charge in [0.1, 0.15) is 0 Å². The smallest absolute Gasteiger partial charge is 0.267 e. The molecule has 0 saturated heterocycles. The van der Waals surface area contributed by atoms with Gasteiger partial charge in [-0.3, -0.25) is 14.9 Å². The maximum absolute atomic E-state index is 10.8. The maximum Gasteiger partial charge on any atom is 0.267 e. The van der Waals surface area contributed by atoms with Gasteiger partial charge in [0.25, 0.3) is 5.91 Å². The van der Waals surface area contributed by atoms with Crippen LogP contribution in [0.4, 0.5) is 0 Å². The van der Waals surface area contributed by atoms with Gasteiger partial charge in [0.15, 0.2) is 0 Å². The summed E-state index contributed by atoms with van der Waals surface area (Å²) < 4.78 is 0. The Morgan fingerprint density at radius 3 is 2.50 bits per heavy atom. The molecule has 0 spiro atoms. The first-order valence-electron chi connectivity index (χ1n) is 5.94. The monoisotopic (exact) mass is 248 g/mol. The minimum atomic E-state index is -0.529. The Hall–Kier alpha value is -1.65. The average Bonchev–Trinajstić information content (AvgIpc) is 2.37. The molecule has 4 heteroatoms. The predicted molar refractivity (Wildman–Crippen MR) is 72.0 cm³/mol. The SMILES string of the molecule is CC(C)N(C)Cc1ccc(/C=C/C(=O)NO)cc1. The quantitative estimate of drug-likeness (QED) is 0.476. The number of rotatable bonds is 5. The minimum absolute atomic E-state index is 0.512. The van der Waals surface area contributed by atoms with Crippen molar-refractivity contribution in [3.8, 4) is 0 Å². The molecule has 0 aliphatic heterocycles. The second kappa shape index (κ2) is 6.93.